The summed E-state index contributed by atoms with van der Waals surface area (Å²) in [6.07, 6.45) is 2.52. The Morgan fingerprint density at radius 3 is 2.35 bits per heavy atom. The average Bonchev–Trinajstić information content (AvgIpc) is 2.44. The number of aromatic nitrogens is 2. The molecule has 4 N–H and O–H groups in total. The van der Waals surface area contributed by atoms with Crippen LogP contribution in [0, 0.1) is 5.82 Å². The van der Waals surface area contributed by atoms with Gasteiger partial charge in [0.2, 0.25) is 0 Å². The summed E-state index contributed by atoms with van der Waals surface area (Å²) in [5, 5.41) is 2.09. The Morgan fingerprint density at radius 2 is 1.85 bits per heavy atom. The van der Waals surface area contributed by atoms with E-state index >= 15 is 0 Å². The van der Waals surface area contributed by atoms with Crippen molar-refractivity contribution in [3.05, 3.63) is 46.1 Å². The highest BCUT2D eigenvalue weighted by Crippen LogP contribution is 2.27. The van der Waals surface area contributed by atoms with E-state index in [1.54, 1.807) is 0 Å². The SMILES string of the molecule is NNc1cnc(C(=O)Nc2cc(Cl)c(F)c(Cl)c2)cn1. The lowest BCUT2D eigenvalue weighted by Crippen LogP contribution is -2.15. The first-order valence-electron chi connectivity index (χ1n) is 5.26. The van der Waals surface area contributed by atoms with Crippen molar-refractivity contribution in [3.8, 4) is 0 Å². The number of carbonyl (C=O) groups is 1. The van der Waals surface area contributed by atoms with Gasteiger partial charge >= 0.3 is 0 Å². The molecule has 1 aromatic carbocycles. The van der Waals surface area contributed by atoms with Crippen LogP contribution >= 0.6 is 23.2 Å². The number of carbonyl (C=O) groups excluding carboxylic acids is 1. The van der Waals surface area contributed by atoms with E-state index in [0.29, 0.717) is 5.82 Å². The first-order chi connectivity index (χ1) is 9.51. The van der Waals surface area contributed by atoms with E-state index in [1.807, 2.05) is 0 Å². The second kappa shape index (κ2) is 6.00. The fraction of sp³-hybridized carbons (Fsp3) is 0. The summed E-state index contributed by atoms with van der Waals surface area (Å²) in [7, 11) is 0. The van der Waals surface area contributed by atoms with Gasteiger partial charge in [0.1, 0.15) is 5.69 Å². The van der Waals surface area contributed by atoms with Crippen molar-refractivity contribution < 1.29 is 9.18 Å². The molecule has 0 fully saturated rings. The number of amides is 1. The van der Waals surface area contributed by atoms with Crippen molar-refractivity contribution in [2.45, 2.75) is 0 Å². The Kier molecular flexibility index (Phi) is 4.33. The molecule has 20 heavy (non-hydrogen) atoms. The fourth-order valence-electron chi connectivity index (χ4n) is 1.34. The van der Waals surface area contributed by atoms with Gasteiger partial charge in [-0.15, -0.1) is 0 Å². The molecular formula is C11H8Cl2FN5O. The summed E-state index contributed by atoms with van der Waals surface area (Å²) in [5.74, 6) is 4.16. The van der Waals surface area contributed by atoms with Gasteiger partial charge in [0.15, 0.2) is 11.6 Å². The van der Waals surface area contributed by atoms with Gasteiger partial charge < -0.3 is 10.7 Å². The summed E-state index contributed by atoms with van der Waals surface area (Å²) in [4.78, 5) is 19.6. The lowest BCUT2D eigenvalue weighted by Gasteiger charge is -2.07. The van der Waals surface area contributed by atoms with Crippen LogP contribution in [-0.2, 0) is 0 Å². The van der Waals surface area contributed by atoms with Crippen molar-refractivity contribution in [2.24, 2.45) is 5.84 Å². The van der Waals surface area contributed by atoms with Crippen LogP contribution in [0.25, 0.3) is 0 Å². The molecule has 104 valence electrons. The number of hydrazine groups is 1. The molecule has 1 aromatic heterocycles. The van der Waals surface area contributed by atoms with E-state index in [-0.39, 0.29) is 21.4 Å². The van der Waals surface area contributed by atoms with Gasteiger partial charge in [0.05, 0.1) is 22.4 Å². The highest BCUT2D eigenvalue weighted by Gasteiger charge is 2.12. The van der Waals surface area contributed by atoms with E-state index in [0.717, 1.165) is 0 Å². The van der Waals surface area contributed by atoms with Crippen molar-refractivity contribution in [3.63, 3.8) is 0 Å². The van der Waals surface area contributed by atoms with E-state index in [9.17, 15) is 9.18 Å². The topological polar surface area (TPSA) is 92.9 Å². The standard InChI is InChI=1S/C11H8Cl2FN5O/c12-6-1-5(2-7(13)10(6)14)18-11(20)8-3-17-9(19-15)4-16-8/h1-4H,15H2,(H,17,19)(H,18,20). The molecular weight excluding hydrogens is 308 g/mol. The first-order valence-corrected chi connectivity index (χ1v) is 6.01. The van der Waals surface area contributed by atoms with Crippen LogP contribution in [0.1, 0.15) is 10.5 Å². The Bertz CT molecular complexity index is 627. The number of nitrogens with one attached hydrogen (secondary N) is 2. The third kappa shape index (κ3) is 3.13. The smallest absolute Gasteiger partial charge is 0.275 e. The van der Waals surface area contributed by atoms with Crippen molar-refractivity contribution >= 4 is 40.6 Å². The van der Waals surface area contributed by atoms with Gasteiger partial charge in [-0.2, -0.15) is 0 Å². The van der Waals surface area contributed by atoms with Crippen LogP contribution in [0.4, 0.5) is 15.9 Å². The summed E-state index contributed by atoms with van der Waals surface area (Å²) in [6.45, 7) is 0. The summed E-state index contributed by atoms with van der Waals surface area (Å²) in [5.41, 5.74) is 2.58. The Hall–Kier alpha value is -1.96. The molecule has 0 saturated heterocycles. The number of nitrogens with zero attached hydrogens (tertiary/aromatic N) is 2. The van der Waals surface area contributed by atoms with E-state index in [1.165, 1.54) is 24.5 Å². The molecule has 0 aliphatic carbocycles. The predicted octanol–water partition coefficient (Wildman–Crippen LogP) is 2.46. The van der Waals surface area contributed by atoms with Gasteiger partial charge in [0.25, 0.3) is 5.91 Å². The number of halogens is 3. The molecule has 0 aliphatic heterocycles. The minimum Gasteiger partial charge on any atom is -0.320 e. The monoisotopic (exact) mass is 315 g/mol. The zero-order chi connectivity index (χ0) is 14.7. The molecule has 9 heteroatoms. The minimum absolute atomic E-state index is 0.0561. The molecule has 0 unspecified atom stereocenters. The zero-order valence-electron chi connectivity index (χ0n) is 9.82. The molecule has 0 atom stereocenters. The lowest BCUT2D eigenvalue weighted by atomic mass is 10.3. The number of benzene rings is 1. The largest absolute Gasteiger partial charge is 0.320 e. The number of hydrogen-bond acceptors (Lipinski definition) is 5. The molecule has 1 heterocycles. The van der Waals surface area contributed by atoms with Crippen LogP contribution in [-0.4, -0.2) is 15.9 Å². The first kappa shape index (κ1) is 14.4. The second-order valence-electron chi connectivity index (χ2n) is 3.64. The number of rotatable bonds is 3. The maximum Gasteiger partial charge on any atom is 0.275 e. The van der Waals surface area contributed by atoms with Crippen LogP contribution in [0.2, 0.25) is 10.0 Å². The van der Waals surface area contributed by atoms with Gasteiger partial charge in [0, 0.05) is 5.69 Å². The summed E-state index contributed by atoms with van der Waals surface area (Å²) >= 11 is 11.3. The highest BCUT2D eigenvalue weighted by atomic mass is 35.5. The third-order valence-electron chi connectivity index (χ3n) is 2.27. The Balaban J connectivity index is 2.18. The van der Waals surface area contributed by atoms with Crippen LogP contribution in [0.15, 0.2) is 24.5 Å². The minimum atomic E-state index is -0.746. The molecule has 2 rings (SSSR count). The normalized spacial score (nSPS) is 10.2. The van der Waals surface area contributed by atoms with Gasteiger partial charge in [-0.25, -0.2) is 20.2 Å². The summed E-state index contributed by atoms with van der Waals surface area (Å²) in [6, 6.07) is 2.48. The molecule has 6 nitrogen and oxygen atoms in total. The van der Waals surface area contributed by atoms with E-state index in [2.05, 4.69) is 20.7 Å². The van der Waals surface area contributed by atoms with Crippen LogP contribution in [0.5, 0.6) is 0 Å². The summed E-state index contributed by atoms with van der Waals surface area (Å²) < 4.78 is 13.2. The molecule has 2 aromatic rings. The fourth-order valence-corrected chi connectivity index (χ4v) is 1.83. The van der Waals surface area contributed by atoms with E-state index in [4.69, 9.17) is 29.0 Å². The number of hydrogen-bond donors (Lipinski definition) is 3. The maximum absolute atomic E-state index is 13.2. The zero-order valence-corrected chi connectivity index (χ0v) is 11.3. The van der Waals surface area contributed by atoms with Crippen molar-refractivity contribution in [2.75, 3.05) is 10.7 Å². The quantitative estimate of drug-likeness (QED) is 0.459. The molecule has 0 radical (unpaired) electrons. The number of nitrogen functional groups attached to an aromatic ring is 1. The third-order valence-corrected chi connectivity index (χ3v) is 2.82. The maximum atomic E-state index is 13.2. The van der Waals surface area contributed by atoms with Crippen LogP contribution in [0.3, 0.4) is 0 Å². The van der Waals surface area contributed by atoms with Crippen molar-refractivity contribution in [1.29, 1.82) is 0 Å². The molecule has 0 saturated carbocycles. The molecule has 0 spiro atoms. The number of anilines is 2. The van der Waals surface area contributed by atoms with Gasteiger partial charge in [-0.1, -0.05) is 23.2 Å². The van der Waals surface area contributed by atoms with E-state index < -0.39 is 11.7 Å². The molecule has 1 amide bonds. The lowest BCUT2D eigenvalue weighted by molar-refractivity contribution is 0.102. The predicted molar refractivity (Wildman–Crippen MR) is 74.2 cm³/mol. The highest BCUT2D eigenvalue weighted by molar-refractivity contribution is 6.35. The van der Waals surface area contributed by atoms with Gasteiger partial charge in [-0.05, 0) is 12.1 Å². The second-order valence-corrected chi connectivity index (χ2v) is 4.45. The van der Waals surface area contributed by atoms with Crippen molar-refractivity contribution in [1.82, 2.24) is 9.97 Å². The molecule has 0 aliphatic rings. The Labute approximate surface area is 123 Å². The molecule has 0 bridgehead atoms. The van der Waals surface area contributed by atoms with Crippen LogP contribution < -0.4 is 16.6 Å². The Morgan fingerprint density at radius 1 is 1.20 bits per heavy atom. The average molecular weight is 316 g/mol. The number of nitrogens with two attached hydrogens (primary N) is 1. The van der Waals surface area contributed by atoms with Gasteiger partial charge in [-0.3, -0.25) is 4.79 Å².